The molecule has 0 aliphatic carbocycles. The van der Waals surface area contributed by atoms with Gasteiger partial charge in [0.2, 0.25) is 0 Å². The van der Waals surface area contributed by atoms with Crippen LogP contribution in [0.15, 0.2) is 16.7 Å². The number of likely N-dealkylation sites (tertiary alicyclic amines) is 1. The number of likely N-dealkylation sites (N-methyl/N-ethyl adjacent to an activating group) is 2. The monoisotopic (exact) mass is 265 g/mol. The number of hydrogen-bond acceptors (Lipinski definition) is 4. The predicted octanol–water partition coefficient (Wildman–Crippen LogP) is 1.92. The van der Waals surface area contributed by atoms with Crippen molar-refractivity contribution in [3.05, 3.63) is 23.7 Å². The van der Waals surface area contributed by atoms with E-state index in [2.05, 4.69) is 35.2 Å². The number of hydrogen-bond donors (Lipinski definition) is 1. The molecule has 108 valence electrons. The third-order valence-electron chi connectivity index (χ3n) is 4.04. The van der Waals surface area contributed by atoms with E-state index in [1.807, 2.05) is 7.05 Å². The molecule has 4 heteroatoms. The second kappa shape index (κ2) is 7.08. The first-order valence-corrected chi connectivity index (χ1v) is 7.37. The van der Waals surface area contributed by atoms with Crippen molar-refractivity contribution in [2.24, 2.45) is 0 Å². The van der Waals surface area contributed by atoms with Gasteiger partial charge in [-0.15, -0.1) is 0 Å². The molecule has 0 spiro atoms. The smallest absolute Gasteiger partial charge is 0.122 e. The minimum atomic E-state index is 0.731. The van der Waals surface area contributed by atoms with Crippen LogP contribution in [-0.4, -0.2) is 49.6 Å². The van der Waals surface area contributed by atoms with Crippen molar-refractivity contribution in [3.63, 3.8) is 0 Å². The van der Waals surface area contributed by atoms with Crippen LogP contribution in [0.2, 0.25) is 0 Å². The molecule has 1 fully saturated rings. The summed E-state index contributed by atoms with van der Waals surface area (Å²) in [4.78, 5) is 5.02. The van der Waals surface area contributed by atoms with E-state index in [4.69, 9.17) is 4.42 Å². The third kappa shape index (κ3) is 3.81. The Morgan fingerprint density at radius 2 is 2.37 bits per heavy atom. The zero-order chi connectivity index (χ0) is 13.7. The molecule has 1 N–H and O–H groups in total. The lowest BCUT2D eigenvalue weighted by Gasteiger charge is -2.27. The van der Waals surface area contributed by atoms with Crippen LogP contribution in [0.3, 0.4) is 0 Å². The van der Waals surface area contributed by atoms with E-state index in [-0.39, 0.29) is 0 Å². The van der Waals surface area contributed by atoms with Crippen LogP contribution in [0.4, 0.5) is 0 Å². The van der Waals surface area contributed by atoms with E-state index in [0.717, 1.165) is 31.4 Å². The van der Waals surface area contributed by atoms with Crippen molar-refractivity contribution in [1.29, 1.82) is 0 Å². The van der Waals surface area contributed by atoms with E-state index in [1.54, 1.807) is 6.26 Å². The lowest BCUT2D eigenvalue weighted by molar-refractivity contribution is 0.194. The van der Waals surface area contributed by atoms with E-state index >= 15 is 0 Å². The van der Waals surface area contributed by atoms with Crippen molar-refractivity contribution in [2.75, 3.05) is 33.7 Å². The fourth-order valence-electron chi connectivity index (χ4n) is 3.06. The van der Waals surface area contributed by atoms with Gasteiger partial charge in [-0.3, -0.25) is 4.90 Å². The molecule has 0 radical (unpaired) electrons. The average molecular weight is 265 g/mol. The standard InChI is InChI=1S/C15H27N3O/c1-4-18-8-5-6-14(18)12-17(3)11-13-7-9-19-15(13)10-16-2/h7,9,14,16H,4-6,8,10-12H2,1-3H3. The maximum atomic E-state index is 5.52. The van der Waals surface area contributed by atoms with Gasteiger partial charge in [-0.2, -0.15) is 0 Å². The van der Waals surface area contributed by atoms with E-state index in [9.17, 15) is 0 Å². The first kappa shape index (κ1) is 14.6. The van der Waals surface area contributed by atoms with E-state index in [1.165, 1.54) is 31.5 Å². The Balaban J connectivity index is 1.86. The highest BCUT2D eigenvalue weighted by atomic mass is 16.3. The largest absolute Gasteiger partial charge is 0.468 e. The molecule has 19 heavy (non-hydrogen) atoms. The Morgan fingerprint density at radius 1 is 1.53 bits per heavy atom. The van der Waals surface area contributed by atoms with Gasteiger partial charge in [0.15, 0.2) is 0 Å². The maximum Gasteiger partial charge on any atom is 0.122 e. The molecule has 0 aromatic carbocycles. The van der Waals surface area contributed by atoms with Crippen LogP contribution in [0.25, 0.3) is 0 Å². The van der Waals surface area contributed by atoms with Gasteiger partial charge in [0, 0.05) is 24.7 Å². The fraction of sp³-hybridized carbons (Fsp3) is 0.733. The van der Waals surface area contributed by atoms with Crippen molar-refractivity contribution in [3.8, 4) is 0 Å². The minimum absolute atomic E-state index is 0.731. The Bertz CT molecular complexity index is 377. The summed E-state index contributed by atoms with van der Waals surface area (Å²) in [5, 5.41) is 3.15. The summed E-state index contributed by atoms with van der Waals surface area (Å²) in [6.07, 6.45) is 4.49. The van der Waals surface area contributed by atoms with E-state index in [0.29, 0.717) is 0 Å². The molecule has 1 aromatic rings. The second-order valence-corrected chi connectivity index (χ2v) is 5.52. The molecule has 1 aliphatic rings. The highest BCUT2D eigenvalue weighted by Gasteiger charge is 2.24. The molecule has 2 rings (SSSR count). The summed E-state index contributed by atoms with van der Waals surface area (Å²) in [6, 6.07) is 2.82. The molecule has 4 nitrogen and oxygen atoms in total. The molecule has 1 unspecified atom stereocenters. The van der Waals surface area contributed by atoms with Gasteiger partial charge < -0.3 is 14.6 Å². The molecule has 2 heterocycles. The summed E-state index contributed by atoms with van der Waals surface area (Å²) in [6.45, 7) is 7.64. The van der Waals surface area contributed by atoms with Crippen LogP contribution in [0.1, 0.15) is 31.1 Å². The molecular weight excluding hydrogens is 238 g/mol. The summed E-state index contributed by atoms with van der Waals surface area (Å²) in [5.41, 5.74) is 1.30. The highest BCUT2D eigenvalue weighted by molar-refractivity contribution is 5.16. The fourth-order valence-corrected chi connectivity index (χ4v) is 3.06. The Kier molecular flexibility index (Phi) is 5.43. The molecule has 1 atom stereocenters. The van der Waals surface area contributed by atoms with Crippen LogP contribution >= 0.6 is 0 Å². The van der Waals surface area contributed by atoms with Gasteiger partial charge in [-0.05, 0) is 46.1 Å². The predicted molar refractivity (Wildman–Crippen MR) is 78.1 cm³/mol. The first-order chi connectivity index (χ1) is 9.24. The third-order valence-corrected chi connectivity index (χ3v) is 4.04. The Labute approximate surface area is 116 Å². The first-order valence-electron chi connectivity index (χ1n) is 7.37. The van der Waals surface area contributed by atoms with Crippen LogP contribution in [0.5, 0.6) is 0 Å². The molecule has 0 bridgehead atoms. The summed E-state index contributed by atoms with van der Waals surface area (Å²) >= 11 is 0. The van der Waals surface area contributed by atoms with Crippen LogP contribution in [-0.2, 0) is 13.1 Å². The quantitative estimate of drug-likeness (QED) is 0.816. The molecule has 1 aromatic heterocycles. The van der Waals surface area contributed by atoms with Gasteiger partial charge in [0.05, 0.1) is 12.8 Å². The number of rotatable bonds is 7. The minimum Gasteiger partial charge on any atom is -0.468 e. The lowest BCUT2D eigenvalue weighted by Crippen LogP contribution is -2.38. The molecular formula is C15H27N3O. The SMILES string of the molecule is CCN1CCCC1CN(C)Cc1ccoc1CNC. The van der Waals surface area contributed by atoms with Crippen LogP contribution in [0, 0.1) is 0 Å². The summed E-state index contributed by atoms with van der Waals surface area (Å²) < 4.78 is 5.52. The van der Waals surface area contributed by atoms with Crippen molar-refractivity contribution in [1.82, 2.24) is 15.1 Å². The van der Waals surface area contributed by atoms with Gasteiger partial charge in [-0.1, -0.05) is 6.92 Å². The van der Waals surface area contributed by atoms with E-state index < -0.39 is 0 Å². The van der Waals surface area contributed by atoms with Crippen molar-refractivity contribution < 1.29 is 4.42 Å². The zero-order valence-corrected chi connectivity index (χ0v) is 12.5. The van der Waals surface area contributed by atoms with Crippen molar-refractivity contribution in [2.45, 2.75) is 38.9 Å². The average Bonchev–Trinajstić information content (AvgIpc) is 3.00. The maximum absolute atomic E-state index is 5.52. The van der Waals surface area contributed by atoms with Crippen molar-refractivity contribution >= 4 is 0 Å². The summed E-state index contributed by atoms with van der Waals surface area (Å²) in [5.74, 6) is 1.06. The molecule has 0 amide bonds. The topological polar surface area (TPSA) is 31.6 Å². The van der Waals surface area contributed by atoms with Gasteiger partial charge in [0.1, 0.15) is 5.76 Å². The Hall–Kier alpha value is -0.840. The van der Waals surface area contributed by atoms with Gasteiger partial charge in [0.25, 0.3) is 0 Å². The lowest BCUT2D eigenvalue weighted by atomic mass is 10.2. The second-order valence-electron chi connectivity index (χ2n) is 5.52. The van der Waals surface area contributed by atoms with Crippen LogP contribution < -0.4 is 5.32 Å². The number of nitrogens with one attached hydrogen (secondary N) is 1. The zero-order valence-electron chi connectivity index (χ0n) is 12.5. The number of nitrogens with zero attached hydrogens (tertiary/aromatic N) is 2. The molecule has 1 saturated heterocycles. The molecule has 0 saturated carbocycles. The normalized spacial score (nSPS) is 20.5. The number of furan rings is 1. The Morgan fingerprint density at radius 3 is 3.11 bits per heavy atom. The summed E-state index contributed by atoms with van der Waals surface area (Å²) in [7, 11) is 4.16. The highest BCUT2D eigenvalue weighted by Crippen LogP contribution is 2.19. The van der Waals surface area contributed by atoms with Gasteiger partial charge in [-0.25, -0.2) is 0 Å². The molecule has 1 aliphatic heterocycles. The van der Waals surface area contributed by atoms with Gasteiger partial charge >= 0.3 is 0 Å².